The summed E-state index contributed by atoms with van der Waals surface area (Å²) in [7, 11) is 0. The fourth-order valence-electron chi connectivity index (χ4n) is 2.93. The predicted octanol–water partition coefficient (Wildman–Crippen LogP) is 1.38. The molecule has 1 fully saturated rings. The number of β-lactam (4-membered cyclic amide) rings is 1. The van der Waals surface area contributed by atoms with Gasteiger partial charge >= 0.3 is 5.97 Å². The zero-order valence-electron chi connectivity index (χ0n) is 16.3. The number of hydrogen-bond acceptors (Lipinski definition) is 9. The molecule has 3 rings (SSSR count). The number of carbonyl (C=O) groups is 4. The van der Waals surface area contributed by atoms with Crippen LogP contribution >= 0.6 is 23.1 Å². The van der Waals surface area contributed by atoms with Gasteiger partial charge in [-0.05, 0) is 18.9 Å². The topological polar surface area (TPSA) is 118 Å². The standard InChI is InChI=1S/C18H22N4O5S2/c1-4-5-19-18-20-6-12(29-18)14(24)15(25)21-13-16(26)22-9(2)11(7-27-10(3)23)8-28-17(13)22/h6,13,17H,4-5,7-8H2,1-3H3,(H,19,20)(H,21,25). The molecule has 0 spiro atoms. The largest absolute Gasteiger partial charge is 0.461 e. The van der Waals surface area contributed by atoms with Crippen LogP contribution in [0.2, 0.25) is 0 Å². The third-order valence-electron chi connectivity index (χ3n) is 4.54. The summed E-state index contributed by atoms with van der Waals surface area (Å²) < 4.78 is 5.02. The molecule has 2 amide bonds. The SMILES string of the molecule is CCCNc1ncc(C(=O)C(=O)NC2C(=O)N3C(C)=C(COC(C)=O)CSC23)s1. The van der Waals surface area contributed by atoms with Crippen molar-refractivity contribution in [2.45, 2.75) is 38.6 Å². The molecule has 0 bridgehead atoms. The van der Waals surface area contributed by atoms with Gasteiger partial charge in [-0.15, -0.1) is 11.8 Å². The van der Waals surface area contributed by atoms with E-state index in [2.05, 4.69) is 15.6 Å². The van der Waals surface area contributed by atoms with E-state index in [1.807, 2.05) is 6.92 Å². The Kier molecular flexibility index (Phi) is 6.58. The number of rotatable bonds is 8. The van der Waals surface area contributed by atoms with Crippen molar-refractivity contribution in [3.05, 3.63) is 22.3 Å². The molecule has 1 aromatic heterocycles. The summed E-state index contributed by atoms with van der Waals surface area (Å²) in [5, 5.41) is 5.92. The van der Waals surface area contributed by atoms with Gasteiger partial charge in [0.25, 0.3) is 17.6 Å². The molecule has 29 heavy (non-hydrogen) atoms. The first-order valence-corrected chi connectivity index (χ1v) is 11.0. The van der Waals surface area contributed by atoms with Crippen LogP contribution in [0.15, 0.2) is 17.5 Å². The zero-order chi connectivity index (χ0) is 21.1. The van der Waals surface area contributed by atoms with Gasteiger partial charge in [0, 0.05) is 24.9 Å². The fraction of sp³-hybridized carbons (Fsp3) is 0.500. The third kappa shape index (κ3) is 4.45. The number of thioether (sulfide) groups is 1. The maximum absolute atomic E-state index is 12.5. The second kappa shape index (κ2) is 8.95. The maximum Gasteiger partial charge on any atom is 0.302 e. The second-order valence-electron chi connectivity index (χ2n) is 6.62. The van der Waals surface area contributed by atoms with Crippen LogP contribution in [-0.2, 0) is 19.1 Å². The minimum absolute atomic E-state index is 0.139. The molecule has 2 aliphatic rings. The van der Waals surface area contributed by atoms with Gasteiger partial charge in [-0.2, -0.15) is 0 Å². The second-order valence-corrected chi connectivity index (χ2v) is 8.75. The Morgan fingerprint density at radius 2 is 2.14 bits per heavy atom. The van der Waals surface area contributed by atoms with E-state index < -0.39 is 17.7 Å². The number of Topliss-reactive ketones (excluding diaryl/α,β-unsaturated/α-hetero) is 1. The Labute approximate surface area is 176 Å². The lowest BCUT2D eigenvalue weighted by atomic mass is 10.0. The molecule has 2 atom stereocenters. The van der Waals surface area contributed by atoms with Crippen LogP contribution in [0, 0.1) is 0 Å². The number of thiazole rings is 1. The van der Waals surface area contributed by atoms with Crippen LogP contribution in [0.4, 0.5) is 5.13 Å². The number of esters is 1. The van der Waals surface area contributed by atoms with Crippen LogP contribution in [0.25, 0.3) is 0 Å². The van der Waals surface area contributed by atoms with Crippen molar-refractivity contribution in [3.8, 4) is 0 Å². The van der Waals surface area contributed by atoms with Gasteiger partial charge in [0.2, 0.25) is 0 Å². The van der Waals surface area contributed by atoms with Crippen LogP contribution < -0.4 is 10.6 Å². The van der Waals surface area contributed by atoms with E-state index in [9.17, 15) is 19.2 Å². The van der Waals surface area contributed by atoms with Crippen LogP contribution in [-0.4, -0.2) is 63.8 Å². The third-order valence-corrected chi connectivity index (χ3v) is 6.84. The Bertz CT molecular complexity index is 881. The van der Waals surface area contributed by atoms with E-state index in [4.69, 9.17) is 4.74 Å². The minimum atomic E-state index is -0.818. The smallest absolute Gasteiger partial charge is 0.302 e. The molecule has 9 nitrogen and oxygen atoms in total. The number of nitrogens with one attached hydrogen (secondary N) is 2. The van der Waals surface area contributed by atoms with Crippen molar-refractivity contribution in [2.24, 2.45) is 0 Å². The number of anilines is 1. The number of aromatic nitrogens is 1. The Balaban J connectivity index is 1.60. The van der Waals surface area contributed by atoms with Gasteiger partial charge in [0.15, 0.2) is 5.13 Å². The van der Waals surface area contributed by atoms with Crippen LogP contribution in [0.1, 0.15) is 36.9 Å². The highest BCUT2D eigenvalue weighted by atomic mass is 32.2. The van der Waals surface area contributed by atoms with E-state index in [1.165, 1.54) is 24.9 Å². The lowest BCUT2D eigenvalue weighted by Crippen LogP contribution is -2.70. The molecule has 0 radical (unpaired) electrons. The van der Waals surface area contributed by atoms with Crippen molar-refractivity contribution < 1.29 is 23.9 Å². The molecule has 1 saturated heterocycles. The molecule has 11 heteroatoms. The molecule has 0 aromatic carbocycles. The number of hydrogen-bond donors (Lipinski definition) is 2. The van der Waals surface area contributed by atoms with Crippen molar-refractivity contribution >= 4 is 51.8 Å². The number of fused-ring (bicyclic) bond motifs is 1. The van der Waals surface area contributed by atoms with E-state index in [1.54, 1.807) is 11.8 Å². The summed E-state index contributed by atoms with van der Waals surface area (Å²) in [6.07, 6.45) is 2.28. The van der Waals surface area contributed by atoms with Crippen molar-refractivity contribution in [3.63, 3.8) is 0 Å². The first-order chi connectivity index (χ1) is 13.8. The van der Waals surface area contributed by atoms with E-state index in [0.717, 1.165) is 35.6 Å². The van der Waals surface area contributed by atoms with Gasteiger partial charge in [0.05, 0.1) is 6.20 Å². The van der Waals surface area contributed by atoms with Gasteiger partial charge in [-0.1, -0.05) is 18.3 Å². The fourth-order valence-corrected chi connectivity index (χ4v) is 5.16. The average Bonchev–Trinajstić information content (AvgIpc) is 3.17. The summed E-state index contributed by atoms with van der Waals surface area (Å²) in [4.78, 5) is 54.2. The Hall–Kier alpha value is -2.40. The normalized spacial score (nSPS) is 20.7. The van der Waals surface area contributed by atoms with Gasteiger partial charge in [-0.25, -0.2) is 4.98 Å². The predicted molar refractivity (Wildman–Crippen MR) is 110 cm³/mol. The first-order valence-electron chi connectivity index (χ1n) is 9.15. The quantitative estimate of drug-likeness (QED) is 0.271. The summed E-state index contributed by atoms with van der Waals surface area (Å²) in [5.74, 6) is -1.61. The lowest BCUT2D eigenvalue weighted by molar-refractivity contribution is -0.145. The lowest BCUT2D eigenvalue weighted by Gasteiger charge is -2.50. The van der Waals surface area contributed by atoms with Gasteiger partial charge < -0.3 is 15.4 Å². The molecule has 3 heterocycles. The number of carbonyl (C=O) groups excluding carboxylic acids is 4. The Morgan fingerprint density at radius 3 is 2.83 bits per heavy atom. The monoisotopic (exact) mass is 438 g/mol. The molecule has 2 aliphatic heterocycles. The maximum atomic E-state index is 12.5. The average molecular weight is 439 g/mol. The minimum Gasteiger partial charge on any atom is -0.461 e. The van der Waals surface area contributed by atoms with E-state index in [-0.39, 0.29) is 28.7 Å². The molecular weight excluding hydrogens is 416 g/mol. The molecule has 2 unspecified atom stereocenters. The summed E-state index contributed by atoms with van der Waals surface area (Å²) in [6, 6.07) is -0.757. The summed E-state index contributed by atoms with van der Waals surface area (Å²) >= 11 is 2.57. The van der Waals surface area contributed by atoms with Gasteiger partial charge in [-0.3, -0.25) is 24.1 Å². The van der Waals surface area contributed by atoms with Crippen LogP contribution in [0.5, 0.6) is 0 Å². The Morgan fingerprint density at radius 1 is 1.38 bits per heavy atom. The van der Waals surface area contributed by atoms with Crippen molar-refractivity contribution in [2.75, 3.05) is 24.2 Å². The van der Waals surface area contributed by atoms with E-state index in [0.29, 0.717) is 10.9 Å². The van der Waals surface area contributed by atoms with E-state index >= 15 is 0 Å². The van der Waals surface area contributed by atoms with Crippen molar-refractivity contribution in [1.29, 1.82) is 0 Å². The number of amides is 2. The molecule has 0 saturated carbocycles. The van der Waals surface area contributed by atoms with Gasteiger partial charge in [0.1, 0.15) is 22.9 Å². The summed E-state index contributed by atoms with van der Waals surface area (Å²) in [5.41, 5.74) is 1.58. The molecule has 2 N–H and O–H groups in total. The molecule has 1 aromatic rings. The number of ketones is 1. The highest BCUT2D eigenvalue weighted by Crippen LogP contribution is 2.40. The van der Waals surface area contributed by atoms with Crippen molar-refractivity contribution in [1.82, 2.24) is 15.2 Å². The molecule has 0 aliphatic carbocycles. The number of allylic oxidation sites excluding steroid dienone is 1. The number of ether oxygens (including phenoxy) is 1. The number of nitrogens with zero attached hydrogens (tertiary/aromatic N) is 2. The molecular formula is C18H22N4O5S2. The highest BCUT2D eigenvalue weighted by Gasteiger charge is 2.52. The molecule has 156 valence electrons. The highest BCUT2D eigenvalue weighted by molar-refractivity contribution is 8.00. The van der Waals surface area contributed by atoms with Crippen LogP contribution in [0.3, 0.4) is 0 Å². The first kappa shape index (κ1) is 21.3. The summed E-state index contributed by atoms with van der Waals surface area (Å²) in [6.45, 7) is 6.00. The zero-order valence-corrected chi connectivity index (χ0v) is 17.9.